The van der Waals surface area contributed by atoms with E-state index in [1.54, 1.807) is 19.5 Å². The first-order chi connectivity index (χ1) is 12.7. The Balaban J connectivity index is 1.63. The quantitative estimate of drug-likeness (QED) is 0.604. The third-order valence-electron chi connectivity index (χ3n) is 3.70. The molecule has 0 aliphatic heterocycles. The number of hydrogen-bond acceptors (Lipinski definition) is 5. The van der Waals surface area contributed by atoms with E-state index in [9.17, 15) is 4.79 Å². The molecule has 0 radical (unpaired) electrons. The van der Waals surface area contributed by atoms with E-state index in [1.807, 2.05) is 60.7 Å². The van der Waals surface area contributed by atoms with Gasteiger partial charge < -0.3 is 20.7 Å². The molecule has 6 heteroatoms. The van der Waals surface area contributed by atoms with E-state index in [2.05, 4.69) is 20.9 Å². The Morgan fingerprint density at radius 1 is 0.923 bits per heavy atom. The van der Waals surface area contributed by atoms with Gasteiger partial charge in [-0.15, -0.1) is 0 Å². The van der Waals surface area contributed by atoms with Crippen LogP contribution in [0.15, 0.2) is 73.1 Å². The van der Waals surface area contributed by atoms with Crippen LogP contribution in [0.25, 0.3) is 0 Å². The van der Waals surface area contributed by atoms with Crippen molar-refractivity contribution >= 4 is 28.7 Å². The second-order valence-electron chi connectivity index (χ2n) is 5.54. The number of para-hydroxylation sites is 2. The highest BCUT2D eigenvalue weighted by Gasteiger charge is 2.07. The smallest absolute Gasteiger partial charge is 0.243 e. The number of carbonyl (C=O) groups excluding carboxylic acids is 1. The van der Waals surface area contributed by atoms with Crippen molar-refractivity contribution in [2.75, 3.05) is 29.6 Å². The molecular weight excluding hydrogens is 328 g/mol. The van der Waals surface area contributed by atoms with Gasteiger partial charge in [0.1, 0.15) is 5.75 Å². The number of ether oxygens (including phenoxy) is 1. The number of pyridine rings is 1. The molecule has 0 aliphatic carbocycles. The van der Waals surface area contributed by atoms with Crippen molar-refractivity contribution < 1.29 is 9.53 Å². The number of hydrogen-bond donors (Lipinski definition) is 3. The van der Waals surface area contributed by atoms with Crippen molar-refractivity contribution in [3.05, 3.63) is 73.1 Å². The summed E-state index contributed by atoms with van der Waals surface area (Å²) < 4.78 is 5.16. The van der Waals surface area contributed by atoms with Crippen molar-refractivity contribution in [2.45, 2.75) is 0 Å². The zero-order valence-corrected chi connectivity index (χ0v) is 14.4. The van der Waals surface area contributed by atoms with Crippen molar-refractivity contribution in [3.63, 3.8) is 0 Å². The number of nitrogens with zero attached hydrogens (tertiary/aromatic N) is 1. The van der Waals surface area contributed by atoms with Gasteiger partial charge in [-0.05, 0) is 48.5 Å². The minimum atomic E-state index is -0.134. The Hall–Kier alpha value is -3.54. The molecule has 0 saturated carbocycles. The maximum Gasteiger partial charge on any atom is 0.243 e. The number of nitrogens with one attached hydrogen (secondary N) is 3. The van der Waals surface area contributed by atoms with Gasteiger partial charge >= 0.3 is 0 Å². The number of carbonyl (C=O) groups is 1. The van der Waals surface area contributed by atoms with Crippen LogP contribution in [0.4, 0.5) is 22.7 Å². The average Bonchev–Trinajstić information content (AvgIpc) is 2.69. The SMILES string of the molecule is COc1ccc(Nc2ccccc2NC(=O)CNc2ccncc2)cc1. The summed E-state index contributed by atoms with van der Waals surface area (Å²) in [4.78, 5) is 16.2. The summed E-state index contributed by atoms with van der Waals surface area (Å²) in [6.45, 7) is 0.168. The first kappa shape index (κ1) is 17.3. The molecule has 0 fully saturated rings. The molecule has 3 aromatic rings. The minimum Gasteiger partial charge on any atom is -0.497 e. The summed E-state index contributed by atoms with van der Waals surface area (Å²) in [5.41, 5.74) is 3.28. The lowest BCUT2D eigenvalue weighted by atomic mass is 10.2. The van der Waals surface area contributed by atoms with Crippen LogP contribution < -0.4 is 20.7 Å². The third kappa shape index (κ3) is 4.73. The van der Waals surface area contributed by atoms with Gasteiger partial charge in [-0.1, -0.05) is 12.1 Å². The standard InChI is InChI=1S/C20H20N4O2/c1-26-17-8-6-16(7-9-17)23-18-4-2-3-5-19(18)24-20(25)14-22-15-10-12-21-13-11-15/h2-13,23H,14H2,1H3,(H,21,22)(H,24,25). The zero-order valence-electron chi connectivity index (χ0n) is 14.4. The molecular formula is C20H20N4O2. The van der Waals surface area contributed by atoms with Crippen LogP contribution in [-0.2, 0) is 4.79 Å². The molecule has 0 aliphatic rings. The molecule has 3 N–H and O–H groups in total. The summed E-state index contributed by atoms with van der Waals surface area (Å²) in [6, 6.07) is 18.8. The summed E-state index contributed by atoms with van der Waals surface area (Å²) in [7, 11) is 1.63. The molecule has 0 unspecified atom stereocenters. The van der Waals surface area contributed by atoms with Gasteiger partial charge in [-0.3, -0.25) is 9.78 Å². The second-order valence-corrected chi connectivity index (χ2v) is 5.54. The molecule has 1 heterocycles. The third-order valence-corrected chi connectivity index (χ3v) is 3.70. The van der Waals surface area contributed by atoms with Crippen molar-refractivity contribution in [2.24, 2.45) is 0 Å². The van der Waals surface area contributed by atoms with Gasteiger partial charge in [-0.25, -0.2) is 0 Å². The lowest BCUT2D eigenvalue weighted by molar-refractivity contribution is -0.114. The van der Waals surface area contributed by atoms with E-state index < -0.39 is 0 Å². The van der Waals surface area contributed by atoms with E-state index in [-0.39, 0.29) is 12.5 Å². The number of rotatable bonds is 7. The number of amides is 1. The van der Waals surface area contributed by atoms with Crippen LogP contribution >= 0.6 is 0 Å². The molecule has 3 rings (SSSR count). The zero-order chi connectivity index (χ0) is 18.2. The van der Waals surface area contributed by atoms with E-state index in [0.717, 1.165) is 22.8 Å². The van der Waals surface area contributed by atoms with Crippen LogP contribution in [0, 0.1) is 0 Å². The molecule has 1 aromatic heterocycles. The van der Waals surface area contributed by atoms with Gasteiger partial charge in [0.2, 0.25) is 5.91 Å². The van der Waals surface area contributed by atoms with E-state index >= 15 is 0 Å². The molecule has 0 atom stereocenters. The van der Waals surface area contributed by atoms with Gasteiger partial charge in [0.15, 0.2) is 0 Å². The summed E-state index contributed by atoms with van der Waals surface area (Å²) in [5.74, 6) is 0.658. The van der Waals surface area contributed by atoms with Crippen molar-refractivity contribution in [1.29, 1.82) is 0 Å². The summed E-state index contributed by atoms with van der Waals surface area (Å²) >= 11 is 0. The molecule has 0 spiro atoms. The molecule has 6 nitrogen and oxygen atoms in total. The number of aromatic nitrogens is 1. The van der Waals surface area contributed by atoms with Crippen LogP contribution in [0.1, 0.15) is 0 Å². The highest BCUT2D eigenvalue weighted by molar-refractivity contribution is 5.97. The van der Waals surface area contributed by atoms with Crippen LogP contribution in [0.5, 0.6) is 5.75 Å². The fourth-order valence-electron chi connectivity index (χ4n) is 2.38. The summed E-state index contributed by atoms with van der Waals surface area (Å²) in [5, 5.41) is 9.28. The maximum absolute atomic E-state index is 12.2. The monoisotopic (exact) mass is 348 g/mol. The van der Waals surface area contributed by atoms with Crippen LogP contribution in [0.2, 0.25) is 0 Å². The highest BCUT2D eigenvalue weighted by Crippen LogP contribution is 2.26. The van der Waals surface area contributed by atoms with Crippen molar-refractivity contribution in [3.8, 4) is 5.75 Å². The Morgan fingerprint density at radius 3 is 2.31 bits per heavy atom. The Labute approximate surface area is 152 Å². The lowest BCUT2D eigenvalue weighted by Crippen LogP contribution is -2.22. The molecule has 0 bridgehead atoms. The van der Waals surface area contributed by atoms with Gasteiger partial charge in [0, 0.05) is 23.8 Å². The van der Waals surface area contributed by atoms with Crippen LogP contribution in [-0.4, -0.2) is 24.5 Å². The van der Waals surface area contributed by atoms with Gasteiger partial charge in [0.05, 0.1) is 25.0 Å². The number of anilines is 4. The highest BCUT2D eigenvalue weighted by atomic mass is 16.5. The first-order valence-corrected chi connectivity index (χ1v) is 8.18. The molecule has 0 saturated heterocycles. The van der Waals surface area contributed by atoms with Crippen LogP contribution in [0.3, 0.4) is 0 Å². The normalized spacial score (nSPS) is 10.0. The molecule has 132 valence electrons. The number of methoxy groups -OCH3 is 1. The molecule has 2 aromatic carbocycles. The van der Waals surface area contributed by atoms with E-state index in [1.165, 1.54) is 0 Å². The predicted molar refractivity (Wildman–Crippen MR) is 104 cm³/mol. The Kier molecular flexibility index (Phi) is 5.67. The Bertz CT molecular complexity index is 851. The molecule has 1 amide bonds. The first-order valence-electron chi connectivity index (χ1n) is 8.18. The van der Waals surface area contributed by atoms with Gasteiger partial charge in [0.25, 0.3) is 0 Å². The second kappa shape index (κ2) is 8.53. The fourth-order valence-corrected chi connectivity index (χ4v) is 2.38. The Morgan fingerprint density at radius 2 is 1.62 bits per heavy atom. The predicted octanol–water partition coefficient (Wildman–Crippen LogP) is 3.88. The summed E-state index contributed by atoms with van der Waals surface area (Å²) in [6.07, 6.45) is 3.35. The maximum atomic E-state index is 12.2. The lowest BCUT2D eigenvalue weighted by Gasteiger charge is -2.14. The minimum absolute atomic E-state index is 0.134. The van der Waals surface area contributed by atoms with E-state index in [0.29, 0.717) is 5.69 Å². The van der Waals surface area contributed by atoms with Crippen molar-refractivity contribution in [1.82, 2.24) is 4.98 Å². The molecule has 26 heavy (non-hydrogen) atoms. The van der Waals surface area contributed by atoms with E-state index in [4.69, 9.17) is 4.74 Å². The fraction of sp³-hybridized carbons (Fsp3) is 0.100. The topological polar surface area (TPSA) is 75.3 Å². The number of benzene rings is 2. The van der Waals surface area contributed by atoms with Gasteiger partial charge in [-0.2, -0.15) is 0 Å². The average molecular weight is 348 g/mol. The largest absolute Gasteiger partial charge is 0.497 e.